The van der Waals surface area contributed by atoms with Crippen LogP contribution in [-0.2, 0) is 22.3 Å². The number of hydrogen-bond donors (Lipinski definition) is 0. The Morgan fingerprint density at radius 1 is 0.931 bits per heavy atom. The molecule has 1 aromatic heterocycles. The van der Waals surface area contributed by atoms with Gasteiger partial charge in [0.25, 0.3) is 0 Å². The summed E-state index contributed by atoms with van der Waals surface area (Å²) in [5.74, 6) is 1.62. The van der Waals surface area contributed by atoms with Crippen LogP contribution < -0.4 is 4.74 Å². The van der Waals surface area contributed by atoms with Gasteiger partial charge in [-0.2, -0.15) is 0 Å². The lowest BCUT2D eigenvalue weighted by Gasteiger charge is -2.33. The first kappa shape index (κ1) is 21.5. The monoisotopic (exact) mass is 396 g/mol. The van der Waals surface area contributed by atoms with Crippen molar-refractivity contribution in [1.29, 1.82) is 0 Å². The summed E-state index contributed by atoms with van der Waals surface area (Å²) in [6, 6.07) is 8.36. The minimum Gasteiger partial charge on any atom is -0.497 e. The molecule has 1 aliphatic heterocycles. The van der Waals surface area contributed by atoms with Crippen LogP contribution in [0.2, 0.25) is 0 Å². The Hall–Kier alpha value is -2.23. The van der Waals surface area contributed by atoms with Crippen LogP contribution in [0.1, 0.15) is 79.3 Å². The van der Waals surface area contributed by atoms with Crippen LogP contribution in [0, 0.1) is 0 Å². The topological polar surface area (TPSA) is 35.8 Å². The van der Waals surface area contributed by atoms with Crippen molar-refractivity contribution >= 4 is 5.90 Å². The molecule has 4 heteroatoms. The van der Waals surface area contributed by atoms with Crippen molar-refractivity contribution in [3.05, 3.63) is 41.2 Å². The first-order chi connectivity index (χ1) is 13.2. The third kappa shape index (κ3) is 4.08. The first-order valence-electron chi connectivity index (χ1n) is 10.4. The first-order valence-corrected chi connectivity index (χ1v) is 10.4. The maximum absolute atomic E-state index is 6.15. The molecular formula is C25H36N2O2. The molecule has 0 atom stereocenters. The molecule has 0 unspecified atom stereocenters. The Morgan fingerprint density at radius 3 is 1.97 bits per heavy atom. The molecule has 0 spiro atoms. The van der Waals surface area contributed by atoms with Crippen LogP contribution in [0.3, 0.4) is 0 Å². The van der Waals surface area contributed by atoms with Crippen LogP contribution in [0.15, 0.2) is 29.3 Å². The van der Waals surface area contributed by atoms with E-state index in [-0.39, 0.29) is 16.5 Å². The lowest BCUT2D eigenvalue weighted by Crippen LogP contribution is -2.32. The lowest BCUT2D eigenvalue weighted by atomic mass is 9.85. The molecule has 1 aromatic carbocycles. The second-order valence-corrected chi connectivity index (χ2v) is 10.9. The second kappa shape index (κ2) is 6.93. The summed E-state index contributed by atoms with van der Waals surface area (Å²) in [5.41, 5.74) is 5.79. The molecule has 2 heterocycles. The molecule has 2 aromatic rings. The zero-order valence-corrected chi connectivity index (χ0v) is 19.7. The van der Waals surface area contributed by atoms with Crippen molar-refractivity contribution in [2.24, 2.45) is 4.99 Å². The Bertz CT molecular complexity index is 928. The minimum atomic E-state index is -0.202. The number of aromatic nitrogens is 1. The summed E-state index contributed by atoms with van der Waals surface area (Å²) in [7, 11) is 1.70. The van der Waals surface area contributed by atoms with E-state index in [0.717, 1.165) is 17.3 Å². The highest BCUT2D eigenvalue weighted by Gasteiger charge is 2.40. The normalized spacial score (nSPS) is 16.1. The molecule has 0 fully saturated rings. The summed E-state index contributed by atoms with van der Waals surface area (Å²) < 4.78 is 14.0. The van der Waals surface area contributed by atoms with Gasteiger partial charge in [-0.05, 0) is 59.2 Å². The van der Waals surface area contributed by atoms with Crippen molar-refractivity contribution in [1.82, 2.24) is 4.57 Å². The summed E-state index contributed by atoms with van der Waals surface area (Å²) in [6.45, 7) is 20.5. The van der Waals surface area contributed by atoms with Crippen LogP contribution >= 0.6 is 0 Å². The molecule has 1 aliphatic rings. The average molecular weight is 397 g/mol. The fourth-order valence-electron chi connectivity index (χ4n) is 4.03. The average Bonchev–Trinajstić information content (AvgIpc) is 3.11. The van der Waals surface area contributed by atoms with Crippen molar-refractivity contribution in [2.75, 3.05) is 7.11 Å². The molecule has 158 valence electrons. The number of methoxy groups -OCH3 is 1. The van der Waals surface area contributed by atoms with Crippen LogP contribution in [0.4, 0.5) is 0 Å². The predicted molar refractivity (Wildman–Crippen MR) is 121 cm³/mol. The molecule has 0 bridgehead atoms. The fraction of sp³-hybridized carbons (Fsp3) is 0.560. The number of benzene rings is 1. The van der Waals surface area contributed by atoms with E-state index in [1.165, 1.54) is 22.4 Å². The SMILES string of the molecule is COc1ccc(-c2c3c(n(C(C)(C)C)c2C(C)(C)C)C(=NC(C)(C)C)OC3)cc1. The van der Waals surface area contributed by atoms with Gasteiger partial charge in [0.1, 0.15) is 18.1 Å². The van der Waals surface area contributed by atoms with Gasteiger partial charge in [-0.1, -0.05) is 32.9 Å². The van der Waals surface area contributed by atoms with Gasteiger partial charge in [0.2, 0.25) is 5.90 Å². The van der Waals surface area contributed by atoms with Crippen LogP contribution in [-0.4, -0.2) is 23.1 Å². The standard InChI is InChI=1S/C25H36N2O2/c1-23(2,3)21-19(16-11-13-17(28-10)14-12-16)18-15-29-22(26-24(4,5)6)20(18)27(21)25(7,8)9/h11-14H,15H2,1-10H3. The maximum Gasteiger partial charge on any atom is 0.234 e. The molecule has 3 rings (SSSR count). The second-order valence-electron chi connectivity index (χ2n) is 10.9. The van der Waals surface area contributed by atoms with Crippen molar-refractivity contribution in [3.63, 3.8) is 0 Å². The third-order valence-corrected chi connectivity index (χ3v) is 5.02. The molecule has 0 saturated heterocycles. The van der Waals surface area contributed by atoms with Gasteiger partial charge in [0.05, 0.1) is 12.6 Å². The Morgan fingerprint density at radius 2 is 1.52 bits per heavy atom. The van der Waals surface area contributed by atoms with E-state index in [1.807, 2.05) is 12.1 Å². The minimum absolute atomic E-state index is 0.0419. The Labute approximate surface area is 175 Å². The highest BCUT2D eigenvalue weighted by Crippen LogP contribution is 2.45. The van der Waals surface area contributed by atoms with E-state index in [1.54, 1.807) is 7.11 Å². The van der Waals surface area contributed by atoms with Gasteiger partial charge in [-0.15, -0.1) is 0 Å². The number of aliphatic imine (C=N–C) groups is 1. The lowest BCUT2D eigenvalue weighted by molar-refractivity contribution is 0.302. The largest absolute Gasteiger partial charge is 0.497 e. The summed E-state index contributed by atoms with van der Waals surface area (Å²) in [6.07, 6.45) is 0. The molecule has 29 heavy (non-hydrogen) atoms. The molecule has 0 N–H and O–H groups in total. The molecular weight excluding hydrogens is 360 g/mol. The van der Waals surface area contributed by atoms with Gasteiger partial charge >= 0.3 is 0 Å². The molecule has 0 amide bonds. The van der Waals surface area contributed by atoms with Gasteiger partial charge in [0.15, 0.2) is 0 Å². The van der Waals surface area contributed by atoms with E-state index < -0.39 is 0 Å². The van der Waals surface area contributed by atoms with E-state index in [4.69, 9.17) is 14.5 Å². The van der Waals surface area contributed by atoms with Crippen LogP contribution in [0.5, 0.6) is 5.75 Å². The highest BCUT2D eigenvalue weighted by atomic mass is 16.5. The quantitative estimate of drug-likeness (QED) is 0.598. The molecule has 0 radical (unpaired) electrons. The summed E-state index contributed by atoms with van der Waals surface area (Å²) in [4.78, 5) is 4.94. The summed E-state index contributed by atoms with van der Waals surface area (Å²) in [5, 5.41) is 0. The van der Waals surface area contributed by atoms with Gasteiger partial charge in [-0.3, -0.25) is 0 Å². The van der Waals surface area contributed by atoms with Crippen molar-refractivity contribution < 1.29 is 9.47 Å². The van der Waals surface area contributed by atoms with Crippen molar-refractivity contribution in [2.45, 2.75) is 85.4 Å². The predicted octanol–water partition coefficient (Wildman–Crippen LogP) is 6.29. The molecule has 0 saturated carbocycles. The zero-order chi connectivity index (χ0) is 21.8. The number of rotatable bonds is 2. The number of ether oxygens (including phenoxy) is 2. The smallest absolute Gasteiger partial charge is 0.234 e. The fourth-order valence-corrected chi connectivity index (χ4v) is 4.03. The van der Waals surface area contributed by atoms with E-state index in [2.05, 4.69) is 79.0 Å². The Balaban J connectivity index is 2.41. The highest BCUT2D eigenvalue weighted by molar-refractivity contribution is 6.00. The Kier molecular flexibility index (Phi) is 5.13. The molecule has 0 aliphatic carbocycles. The van der Waals surface area contributed by atoms with Gasteiger partial charge < -0.3 is 14.0 Å². The van der Waals surface area contributed by atoms with Gasteiger partial charge in [-0.25, -0.2) is 4.99 Å². The van der Waals surface area contributed by atoms with E-state index in [0.29, 0.717) is 6.61 Å². The van der Waals surface area contributed by atoms with Crippen LogP contribution in [0.25, 0.3) is 11.1 Å². The number of nitrogens with zero attached hydrogens (tertiary/aromatic N) is 2. The van der Waals surface area contributed by atoms with Gasteiger partial charge in [0, 0.05) is 27.8 Å². The van der Waals surface area contributed by atoms with E-state index in [9.17, 15) is 0 Å². The zero-order valence-electron chi connectivity index (χ0n) is 19.7. The van der Waals surface area contributed by atoms with Crippen molar-refractivity contribution in [3.8, 4) is 16.9 Å². The maximum atomic E-state index is 6.15. The summed E-state index contributed by atoms with van der Waals surface area (Å²) >= 11 is 0. The molecule has 4 nitrogen and oxygen atoms in total. The number of hydrogen-bond acceptors (Lipinski definition) is 3. The number of fused-ring (bicyclic) bond motifs is 1. The third-order valence-electron chi connectivity index (χ3n) is 5.02. The van der Waals surface area contributed by atoms with E-state index >= 15 is 0 Å².